The number of benzene rings is 2. The van der Waals surface area contributed by atoms with Crippen molar-refractivity contribution < 1.29 is 4.79 Å². The summed E-state index contributed by atoms with van der Waals surface area (Å²) in [6.07, 6.45) is 2.28. The van der Waals surface area contributed by atoms with E-state index >= 15 is 0 Å². The molecule has 1 aliphatic heterocycles. The molecule has 1 aromatic heterocycles. The summed E-state index contributed by atoms with van der Waals surface area (Å²) >= 11 is 0. The highest BCUT2D eigenvalue weighted by Gasteiger charge is 2.26. The van der Waals surface area contributed by atoms with E-state index in [4.69, 9.17) is 0 Å². The molecule has 7 nitrogen and oxygen atoms in total. The number of nitrogens with zero attached hydrogens (tertiary/aromatic N) is 6. The summed E-state index contributed by atoms with van der Waals surface area (Å²) in [5, 5.41) is 12.7. The lowest BCUT2D eigenvalue weighted by atomic mass is 10.0. The predicted octanol–water partition coefficient (Wildman–Crippen LogP) is 3.16. The van der Waals surface area contributed by atoms with Crippen LogP contribution in [0.25, 0.3) is 11.1 Å². The van der Waals surface area contributed by atoms with Gasteiger partial charge in [-0.25, -0.2) is 0 Å². The largest absolute Gasteiger partial charge is 0.338 e. The molecule has 1 atom stereocenters. The third-order valence-corrected chi connectivity index (χ3v) is 5.19. The van der Waals surface area contributed by atoms with Gasteiger partial charge in [-0.1, -0.05) is 53.6 Å². The number of carbonyl (C=O) groups excluding carboxylic acids is 1. The number of anilines is 2. The fourth-order valence-electron chi connectivity index (χ4n) is 3.55. The minimum absolute atomic E-state index is 0.0891. The number of amides is 1. The Labute approximate surface area is 164 Å². The van der Waals surface area contributed by atoms with Gasteiger partial charge in [-0.15, -0.1) is 9.90 Å². The molecule has 3 aromatic rings. The van der Waals surface area contributed by atoms with E-state index in [0.717, 1.165) is 42.7 Å². The third kappa shape index (κ3) is 3.47. The summed E-state index contributed by atoms with van der Waals surface area (Å²) < 4.78 is 0. The van der Waals surface area contributed by atoms with Gasteiger partial charge in [0.25, 0.3) is 11.9 Å². The molecular formula is C21H24N6O. The molecule has 1 aliphatic rings. The van der Waals surface area contributed by atoms with Gasteiger partial charge in [-0.05, 0) is 36.6 Å². The SMILES string of the molecule is CC(C(=O)N(C)c1ccccc1-c1ccccc1)n1nnc(N2CCCC2)n1. The van der Waals surface area contributed by atoms with Gasteiger partial charge in [-0.3, -0.25) is 4.79 Å². The van der Waals surface area contributed by atoms with Gasteiger partial charge in [0.15, 0.2) is 0 Å². The van der Waals surface area contributed by atoms with Crippen molar-refractivity contribution >= 4 is 17.5 Å². The monoisotopic (exact) mass is 376 g/mol. The van der Waals surface area contributed by atoms with Gasteiger partial charge in [0.1, 0.15) is 6.04 Å². The standard InChI is InChI=1S/C21H24N6O/c1-16(27-23-21(22-24-27)26-14-8-9-15-26)20(28)25(2)19-13-7-6-12-18(19)17-10-4-3-5-11-17/h3-7,10-13,16H,8-9,14-15H2,1-2H3. The Hall–Kier alpha value is -3.22. The van der Waals surface area contributed by atoms with Crippen molar-refractivity contribution in [3.63, 3.8) is 0 Å². The zero-order chi connectivity index (χ0) is 19.5. The summed E-state index contributed by atoms with van der Waals surface area (Å²) in [4.78, 5) is 18.3. The quantitative estimate of drug-likeness (QED) is 0.684. The highest BCUT2D eigenvalue weighted by molar-refractivity contribution is 5.99. The molecule has 1 fully saturated rings. The second-order valence-electron chi connectivity index (χ2n) is 7.06. The van der Waals surface area contributed by atoms with E-state index < -0.39 is 6.04 Å². The number of aromatic nitrogens is 4. The Morgan fingerprint density at radius 2 is 1.71 bits per heavy atom. The van der Waals surface area contributed by atoms with Crippen LogP contribution >= 0.6 is 0 Å². The molecule has 0 N–H and O–H groups in total. The minimum atomic E-state index is -0.544. The maximum Gasteiger partial charge on any atom is 0.266 e. The van der Waals surface area contributed by atoms with E-state index in [1.54, 1.807) is 18.9 Å². The topological polar surface area (TPSA) is 67.2 Å². The number of carbonyl (C=O) groups is 1. The highest BCUT2D eigenvalue weighted by atomic mass is 16.2. The lowest BCUT2D eigenvalue weighted by molar-refractivity contribution is -0.121. The first-order valence-electron chi connectivity index (χ1n) is 9.61. The van der Waals surface area contributed by atoms with Crippen LogP contribution in [0.3, 0.4) is 0 Å². The molecule has 7 heteroatoms. The summed E-state index contributed by atoms with van der Waals surface area (Å²) in [7, 11) is 1.79. The van der Waals surface area contributed by atoms with Crippen LogP contribution in [0.2, 0.25) is 0 Å². The van der Waals surface area contributed by atoms with Crippen LogP contribution in [-0.4, -0.2) is 46.3 Å². The van der Waals surface area contributed by atoms with E-state index in [-0.39, 0.29) is 5.91 Å². The second-order valence-corrected chi connectivity index (χ2v) is 7.06. The van der Waals surface area contributed by atoms with Gasteiger partial charge < -0.3 is 9.80 Å². The second kappa shape index (κ2) is 7.80. The number of hydrogen-bond donors (Lipinski definition) is 0. The van der Waals surface area contributed by atoms with Crippen molar-refractivity contribution in [2.24, 2.45) is 0 Å². The maximum absolute atomic E-state index is 13.1. The van der Waals surface area contributed by atoms with Crippen LogP contribution in [0.15, 0.2) is 54.6 Å². The molecule has 2 aromatic carbocycles. The summed E-state index contributed by atoms with van der Waals surface area (Å²) in [5.41, 5.74) is 2.93. The highest BCUT2D eigenvalue weighted by Crippen LogP contribution is 2.31. The van der Waals surface area contributed by atoms with E-state index in [9.17, 15) is 4.79 Å². The molecule has 0 bridgehead atoms. The third-order valence-electron chi connectivity index (χ3n) is 5.19. The van der Waals surface area contributed by atoms with Crippen LogP contribution < -0.4 is 9.80 Å². The first-order chi connectivity index (χ1) is 13.6. The van der Waals surface area contributed by atoms with Crippen molar-refractivity contribution in [1.29, 1.82) is 0 Å². The van der Waals surface area contributed by atoms with Crippen LogP contribution in [0.1, 0.15) is 25.8 Å². The number of likely N-dealkylation sites (N-methyl/N-ethyl adjacent to an activating group) is 1. The average molecular weight is 376 g/mol. The number of para-hydroxylation sites is 1. The fourth-order valence-corrected chi connectivity index (χ4v) is 3.55. The molecule has 28 heavy (non-hydrogen) atoms. The smallest absolute Gasteiger partial charge is 0.266 e. The molecule has 0 spiro atoms. The predicted molar refractivity (Wildman–Crippen MR) is 109 cm³/mol. The Kier molecular flexibility index (Phi) is 5.06. The molecule has 0 radical (unpaired) electrons. The average Bonchev–Trinajstić information content (AvgIpc) is 3.44. The summed E-state index contributed by atoms with van der Waals surface area (Å²) in [6, 6.07) is 17.4. The number of tetrazole rings is 1. The number of hydrogen-bond acceptors (Lipinski definition) is 5. The van der Waals surface area contributed by atoms with E-state index in [2.05, 4.69) is 20.3 Å². The summed E-state index contributed by atoms with van der Waals surface area (Å²) in [5.74, 6) is 0.512. The molecule has 144 valence electrons. The normalized spacial score (nSPS) is 14.9. The molecule has 1 unspecified atom stereocenters. The zero-order valence-electron chi connectivity index (χ0n) is 16.2. The van der Waals surface area contributed by atoms with Crippen molar-refractivity contribution in [3.8, 4) is 11.1 Å². The van der Waals surface area contributed by atoms with Crippen molar-refractivity contribution in [1.82, 2.24) is 20.2 Å². The fraction of sp³-hybridized carbons (Fsp3) is 0.333. The van der Waals surface area contributed by atoms with Gasteiger partial charge in [0.05, 0.1) is 5.69 Å². The molecule has 0 saturated carbocycles. The Balaban J connectivity index is 1.57. The lowest BCUT2D eigenvalue weighted by Crippen LogP contribution is -2.34. The van der Waals surface area contributed by atoms with Crippen LogP contribution in [-0.2, 0) is 4.79 Å². The molecule has 2 heterocycles. The van der Waals surface area contributed by atoms with E-state index in [0.29, 0.717) is 5.95 Å². The molecule has 1 amide bonds. The van der Waals surface area contributed by atoms with Crippen LogP contribution in [0.4, 0.5) is 11.6 Å². The van der Waals surface area contributed by atoms with Crippen LogP contribution in [0, 0.1) is 0 Å². The Bertz CT molecular complexity index is 948. The van der Waals surface area contributed by atoms with Gasteiger partial charge >= 0.3 is 0 Å². The van der Waals surface area contributed by atoms with Crippen molar-refractivity contribution in [2.75, 3.05) is 29.9 Å². The molecular weight excluding hydrogens is 352 g/mol. The van der Waals surface area contributed by atoms with E-state index in [1.165, 1.54) is 4.80 Å². The van der Waals surface area contributed by atoms with Crippen molar-refractivity contribution in [3.05, 3.63) is 54.6 Å². The lowest BCUT2D eigenvalue weighted by Gasteiger charge is -2.23. The van der Waals surface area contributed by atoms with E-state index in [1.807, 2.05) is 54.6 Å². The van der Waals surface area contributed by atoms with Crippen molar-refractivity contribution in [2.45, 2.75) is 25.8 Å². The Morgan fingerprint density at radius 1 is 1.04 bits per heavy atom. The van der Waals surface area contributed by atoms with Gasteiger partial charge in [0, 0.05) is 25.7 Å². The first kappa shape index (κ1) is 18.2. The minimum Gasteiger partial charge on any atom is -0.338 e. The molecule has 0 aliphatic carbocycles. The Morgan fingerprint density at radius 3 is 2.46 bits per heavy atom. The van der Waals surface area contributed by atoms with Gasteiger partial charge in [-0.2, -0.15) is 0 Å². The van der Waals surface area contributed by atoms with Crippen LogP contribution in [0.5, 0.6) is 0 Å². The summed E-state index contributed by atoms with van der Waals surface area (Å²) in [6.45, 7) is 3.69. The molecule has 4 rings (SSSR count). The van der Waals surface area contributed by atoms with Gasteiger partial charge in [0.2, 0.25) is 0 Å². The number of rotatable bonds is 5. The maximum atomic E-state index is 13.1. The zero-order valence-corrected chi connectivity index (χ0v) is 16.2. The first-order valence-corrected chi connectivity index (χ1v) is 9.61. The molecule has 1 saturated heterocycles.